The number of carbonyl (C=O) groups excluding carboxylic acids is 1. The van der Waals surface area contributed by atoms with E-state index >= 15 is 0 Å². The van der Waals surface area contributed by atoms with Crippen molar-refractivity contribution in [1.82, 2.24) is 9.88 Å². The van der Waals surface area contributed by atoms with Gasteiger partial charge in [-0.1, -0.05) is 0 Å². The number of hydrogen-bond acceptors (Lipinski definition) is 3. The molecule has 0 unspecified atom stereocenters. The SMILES string of the molecule is O=C(NCCOCCO)c1cccn1CC(F)(F)F. The van der Waals surface area contributed by atoms with Crippen LogP contribution in [0.5, 0.6) is 0 Å². The van der Waals surface area contributed by atoms with E-state index < -0.39 is 18.6 Å². The molecule has 0 aliphatic carbocycles. The quantitative estimate of drug-likeness (QED) is 0.726. The van der Waals surface area contributed by atoms with Crippen LogP contribution in [-0.2, 0) is 11.3 Å². The van der Waals surface area contributed by atoms with E-state index in [1.165, 1.54) is 18.3 Å². The lowest BCUT2D eigenvalue weighted by Gasteiger charge is -2.12. The van der Waals surface area contributed by atoms with Gasteiger partial charge in [0.25, 0.3) is 5.91 Å². The molecule has 0 saturated carbocycles. The Morgan fingerprint density at radius 2 is 2.16 bits per heavy atom. The van der Waals surface area contributed by atoms with Crippen LogP contribution in [0.25, 0.3) is 0 Å². The van der Waals surface area contributed by atoms with Crippen LogP contribution in [0.3, 0.4) is 0 Å². The first-order valence-electron chi connectivity index (χ1n) is 5.63. The van der Waals surface area contributed by atoms with Crippen molar-refractivity contribution in [2.45, 2.75) is 12.7 Å². The molecule has 1 amide bonds. The summed E-state index contributed by atoms with van der Waals surface area (Å²) < 4.78 is 42.5. The Labute approximate surface area is 108 Å². The molecule has 0 radical (unpaired) electrons. The van der Waals surface area contributed by atoms with E-state index in [0.717, 1.165) is 4.57 Å². The summed E-state index contributed by atoms with van der Waals surface area (Å²) in [4.78, 5) is 11.6. The van der Waals surface area contributed by atoms with Crippen molar-refractivity contribution in [3.05, 3.63) is 24.0 Å². The number of hydrogen-bond donors (Lipinski definition) is 2. The Kier molecular flexibility index (Phi) is 5.84. The second-order valence-corrected chi connectivity index (χ2v) is 3.73. The smallest absolute Gasteiger partial charge is 0.394 e. The second kappa shape index (κ2) is 7.15. The van der Waals surface area contributed by atoms with Crippen LogP contribution in [0.15, 0.2) is 18.3 Å². The zero-order valence-electron chi connectivity index (χ0n) is 10.1. The highest BCUT2D eigenvalue weighted by molar-refractivity contribution is 5.92. The summed E-state index contributed by atoms with van der Waals surface area (Å²) in [7, 11) is 0. The third-order valence-electron chi connectivity index (χ3n) is 2.18. The van der Waals surface area contributed by atoms with Gasteiger partial charge in [-0.25, -0.2) is 0 Å². The van der Waals surface area contributed by atoms with Crippen LogP contribution in [0.2, 0.25) is 0 Å². The molecule has 1 heterocycles. The summed E-state index contributed by atoms with van der Waals surface area (Å²) >= 11 is 0. The van der Waals surface area contributed by atoms with Crippen molar-refractivity contribution in [3.63, 3.8) is 0 Å². The highest BCUT2D eigenvalue weighted by Gasteiger charge is 2.29. The number of halogens is 3. The van der Waals surface area contributed by atoms with Gasteiger partial charge >= 0.3 is 6.18 Å². The molecule has 1 aromatic rings. The maximum absolute atomic E-state index is 12.3. The van der Waals surface area contributed by atoms with Crippen LogP contribution in [-0.4, -0.2) is 48.1 Å². The highest BCUT2D eigenvalue weighted by atomic mass is 19.4. The van der Waals surface area contributed by atoms with E-state index in [9.17, 15) is 18.0 Å². The molecule has 2 N–H and O–H groups in total. The Hall–Kier alpha value is -1.54. The van der Waals surface area contributed by atoms with Crippen molar-refractivity contribution in [3.8, 4) is 0 Å². The van der Waals surface area contributed by atoms with Gasteiger partial charge in [0.1, 0.15) is 12.2 Å². The molecular weight excluding hydrogens is 265 g/mol. The fraction of sp³-hybridized carbons (Fsp3) is 0.545. The van der Waals surface area contributed by atoms with E-state index in [1.807, 2.05) is 0 Å². The topological polar surface area (TPSA) is 63.5 Å². The summed E-state index contributed by atoms with van der Waals surface area (Å²) in [6.07, 6.45) is -3.18. The van der Waals surface area contributed by atoms with Gasteiger partial charge in [-0.2, -0.15) is 13.2 Å². The van der Waals surface area contributed by atoms with Gasteiger partial charge in [-0.05, 0) is 12.1 Å². The summed E-state index contributed by atoms with van der Waals surface area (Å²) in [5.41, 5.74) is -0.0560. The zero-order chi connectivity index (χ0) is 14.3. The van der Waals surface area contributed by atoms with E-state index in [-0.39, 0.29) is 32.1 Å². The number of aliphatic hydroxyl groups is 1. The third kappa shape index (κ3) is 5.75. The van der Waals surface area contributed by atoms with E-state index in [0.29, 0.717) is 0 Å². The highest BCUT2D eigenvalue weighted by Crippen LogP contribution is 2.18. The molecule has 0 atom stereocenters. The Morgan fingerprint density at radius 1 is 1.42 bits per heavy atom. The third-order valence-corrected chi connectivity index (χ3v) is 2.18. The van der Waals surface area contributed by atoms with Gasteiger partial charge in [0.2, 0.25) is 0 Å². The maximum atomic E-state index is 12.3. The fourth-order valence-corrected chi connectivity index (χ4v) is 1.45. The summed E-state index contributed by atoms with van der Waals surface area (Å²) in [6.45, 7) is -0.825. The molecule has 0 saturated heterocycles. The number of aliphatic hydroxyl groups excluding tert-OH is 1. The Bertz CT molecular complexity index is 404. The number of aromatic nitrogens is 1. The molecule has 108 valence electrons. The van der Waals surface area contributed by atoms with Gasteiger partial charge in [0, 0.05) is 12.7 Å². The normalized spacial score (nSPS) is 11.6. The Morgan fingerprint density at radius 3 is 2.79 bits per heavy atom. The van der Waals surface area contributed by atoms with Gasteiger partial charge in [-0.15, -0.1) is 0 Å². The molecule has 0 spiro atoms. The Balaban J connectivity index is 2.46. The molecule has 19 heavy (non-hydrogen) atoms. The number of nitrogens with zero attached hydrogens (tertiary/aromatic N) is 1. The number of nitrogens with one attached hydrogen (secondary N) is 1. The van der Waals surface area contributed by atoms with E-state index in [1.54, 1.807) is 0 Å². The molecule has 0 aliphatic heterocycles. The predicted molar refractivity (Wildman–Crippen MR) is 60.7 cm³/mol. The summed E-state index contributed by atoms with van der Waals surface area (Å²) in [6, 6.07) is 2.69. The minimum Gasteiger partial charge on any atom is -0.394 e. The number of carbonyl (C=O) groups is 1. The largest absolute Gasteiger partial charge is 0.406 e. The molecule has 0 aromatic carbocycles. The maximum Gasteiger partial charge on any atom is 0.406 e. The monoisotopic (exact) mass is 280 g/mol. The van der Waals surface area contributed by atoms with Crippen LogP contribution in [0.1, 0.15) is 10.5 Å². The first-order chi connectivity index (χ1) is 8.94. The molecule has 0 aliphatic rings. The average Bonchev–Trinajstić information content (AvgIpc) is 2.74. The molecular formula is C11H15F3N2O3. The van der Waals surface area contributed by atoms with Crippen molar-refractivity contribution in [1.29, 1.82) is 0 Å². The van der Waals surface area contributed by atoms with Crippen molar-refractivity contribution in [2.24, 2.45) is 0 Å². The zero-order valence-corrected chi connectivity index (χ0v) is 10.1. The van der Waals surface area contributed by atoms with Crippen LogP contribution in [0.4, 0.5) is 13.2 Å². The molecule has 5 nitrogen and oxygen atoms in total. The van der Waals surface area contributed by atoms with Crippen LogP contribution < -0.4 is 5.32 Å². The molecule has 0 fully saturated rings. The molecule has 8 heteroatoms. The van der Waals surface area contributed by atoms with Gasteiger partial charge in [0.05, 0.1) is 19.8 Å². The molecule has 1 rings (SSSR count). The first kappa shape index (κ1) is 15.5. The van der Waals surface area contributed by atoms with Gasteiger partial charge in [-0.3, -0.25) is 4.79 Å². The number of rotatable bonds is 7. The molecule has 1 aromatic heterocycles. The van der Waals surface area contributed by atoms with Crippen LogP contribution >= 0.6 is 0 Å². The minimum absolute atomic E-state index is 0.0560. The van der Waals surface area contributed by atoms with Crippen molar-refractivity contribution >= 4 is 5.91 Å². The lowest BCUT2D eigenvalue weighted by Crippen LogP contribution is -2.30. The van der Waals surface area contributed by atoms with Crippen molar-refractivity contribution in [2.75, 3.05) is 26.4 Å². The second-order valence-electron chi connectivity index (χ2n) is 3.73. The fourth-order valence-electron chi connectivity index (χ4n) is 1.45. The number of alkyl halides is 3. The standard InChI is InChI=1S/C11H15F3N2O3/c12-11(13,14)8-16-4-1-2-9(16)10(18)15-3-6-19-7-5-17/h1-2,4,17H,3,5-8H2,(H,15,18). The average molecular weight is 280 g/mol. The van der Waals surface area contributed by atoms with E-state index in [2.05, 4.69) is 5.32 Å². The van der Waals surface area contributed by atoms with Crippen molar-refractivity contribution < 1.29 is 27.8 Å². The predicted octanol–water partition coefficient (Wildman–Crippen LogP) is 0.789. The van der Waals surface area contributed by atoms with E-state index in [4.69, 9.17) is 9.84 Å². The minimum atomic E-state index is -4.38. The van der Waals surface area contributed by atoms with Crippen LogP contribution in [0, 0.1) is 0 Å². The first-order valence-corrected chi connectivity index (χ1v) is 5.63. The summed E-state index contributed by atoms with van der Waals surface area (Å²) in [5, 5.41) is 10.9. The number of ether oxygens (including phenoxy) is 1. The summed E-state index contributed by atoms with van der Waals surface area (Å²) in [5.74, 6) is -0.596. The van der Waals surface area contributed by atoms with Gasteiger partial charge < -0.3 is 19.7 Å². The lowest BCUT2D eigenvalue weighted by molar-refractivity contribution is -0.140. The molecule has 0 bridgehead atoms. The van der Waals surface area contributed by atoms with Gasteiger partial charge in [0.15, 0.2) is 0 Å². The number of amides is 1. The lowest BCUT2D eigenvalue weighted by atomic mass is 10.4.